The van der Waals surface area contributed by atoms with Gasteiger partial charge in [0, 0.05) is 6.04 Å². The number of rotatable bonds is 2. The van der Waals surface area contributed by atoms with E-state index in [9.17, 15) is 0 Å². The Morgan fingerprint density at radius 2 is 1.54 bits per heavy atom. The molecule has 0 aromatic rings. The van der Waals surface area contributed by atoms with Crippen LogP contribution in [-0.4, -0.2) is 39.9 Å². The normalized spacial score (nSPS) is 11.5. The molecule has 0 aliphatic heterocycles. The second kappa shape index (κ2) is 7.51. The highest BCUT2D eigenvalue weighted by atomic mass is 16.4. The zero-order valence-electron chi connectivity index (χ0n) is 7.60. The highest BCUT2D eigenvalue weighted by molar-refractivity contribution is 6.27. The van der Waals surface area contributed by atoms with Crippen molar-refractivity contribution in [1.82, 2.24) is 0 Å². The number of nitrogens with two attached hydrogens (primary N) is 1. The zero-order chi connectivity index (χ0) is 11.0. The molecule has 1 unspecified atom stereocenters. The number of aliphatic hydroxyl groups is 1. The van der Waals surface area contributed by atoms with Crippen LogP contribution in [0.5, 0.6) is 0 Å². The molecular formula is C7H15NO5. The Morgan fingerprint density at radius 1 is 1.23 bits per heavy atom. The van der Waals surface area contributed by atoms with E-state index < -0.39 is 11.9 Å². The van der Waals surface area contributed by atoms with Gasteiger partial charge in [0.2, 0.25) is 0 Å². The van der Waals surface area contributed by atoms with Gasteiger partial charge in [-0.2, -0.15) is 0 Å². The summed E-state index contributed by atoms with van der Waals surface area (Å²) in [5.74, 6) is -3.25. The van der Waals surface area contributed by atoms with Crippen molar-refractivity contribution in [2.24, 2.45) is 11.7 Å². The summed E-state index contributed by atoms with van der Waals surface area (Å²) in [7, 11) is 0. The molecule has 0 radical (unpaired) electrons. The van der Waals surface area contributed by atoms with Crippen LogP contribution in [-0.2, 0) is 9.59 Å². The Labute approximate surface area is 76.0 Å². The van der Waals surface area contributed by atoms with E-state index >= 15 is 0 Å². The van der Waals surface area contributed by atoms with Gasteiger partial charge in [-0.05, 0) is 5.92 Å². The molecule has 78 valence electrons. The Hall–Kier alpha value is -1.14. The van der Waals surface area contributed by atoms with E-state index in [1.165, 1.54) is 0 Å². The van der Waals surface area contributed by atoms with Gasteiger partial charge < -0.3 is 21.1 Å². The quantitative estimate of drug-likeness (QED) is 0.422. The molecule has 0 spiro atoms. The van der Waals surface area contributed by atoms with E-state index in [1.807, 2.05) is 13.8 Å². The molecule has 0 amide bonds. The molecule has 0 aliphatic rings. The second-order valence-corrected chi connectivity index (χ2v) is 2.70. The van der Waals surface area contributed by atoms with Gasteiger partial charge in [0.15, 0.2) is 0 Å². The Bertz CT molecular complexity index is 156. The van der Waals surface area contributed by atoms with E-state index in [-0.39, 0.29) is 12.6 Å². The fourth-order valence-corrected chi connectivity index (χ4v) is 0.211. The highest BCUT2D eigenvalue weighted by Crippen LogP contribution is 1.94. The first kappa shape index (κ1) is 14.4. The minimum Gasteiger partial charge on any atom is -0.473 e. The van der Waals surface area contributed by atoms with Crippen molar-refractivity contribution < 1.29 is 24.9 Å². The molecule has 0 fully saturated rings. The fraction of sp³-hybridized carbons (Fsp3) is 0.714. The van der Waals surface area contributed by atoms with E-state index in [0.29, 0.717) is 5.92 Å². The maximum Gasteiger partial charge on any atom is 0.414 e. The number of aliphatic carboxylic acids is 2. The van der Waals surface area contributed by atoms with E-state index in [2.05, 4.69) is 0 Å². The van der Waals surface area contributed by atoms with Crippen LogP contribution < -0.4 is 5.73 Å². The SMILES string of the molecule is CC(C)C(N)CO.O=C(O)C(=O)O. The zero-order valence-corrected chi connectivity index (χ0v) is 7.60. The van der Waals surface area contributed by atoms with Gasteiger partial charge in [0.1, 0.15) is 0 Å². The van der Waals surface area contributed by atoms with Gasteiger partial charge in [-0.3, -0.25) is 0 Å². The first-order valence-corrected chi connectivity index (χ1v) is 3.65. The monoisotopic (exact) mass is 193 g/mol. The largest absolute Gasteiger partial charge is 0.473 e. The number of aliphatic hydroxyl groups excluding tert-OH is 1. The maximum absolute atomic E-state index is 9.10. The molecule has 6 heteroatoms. The Balaban J connectivity index is 0. The van der Waals surface area contributed by atoms with Crippen LogP contribution in [0.15, 0.2) is 0 Å². The predicted molar refractivity (Wildman–Crippen MR) is 45.2 cm³/mol. The predicted octanol–water partition coefficient (Wildman–Crippen LogP) is -0.882. The summed E-state index contributed by atoms with van der Waals surface area (Å²) in [6, 6.07) is -0.0417. The van der Waals surface area contributed by atoms with Crippen molar-refractivity contribution in [3.63, 3.8) is 0 Å². The van der Waals surface area contributed by atoms with Crippen LogP contribution in [0.1, 0.15) is 13.8 Å². The topological polar surface area (TPSA) is 121 Å². The molecule has 0 aromatic heterocycles. The molecule has 13 heavy (non-hydrogen) atoms. The maximum atomic E-state index is 9.10. The highest BCUT2D eigenvalue weighted by Gasteiger charge is 2.04. The molecule has 0 heterocycles. The number of carboxylic acid groups (broad SMARTS) is 2. The van der Waals surface area contributed by atoms with Crippen molar-refractivity contribution in [3.8, 4) is 0 Å². The summed E-state index contributed by atoms with van der Waals surface area (Å²) in [6.45, 7) is 4.07. The lowest BCUT2D eigenvalue weighted by Gasteiger charge is -2.10. The molecule has 5 N–H and O–H groups in total. The molecule has 1 atom stereocenters. The van der Waals surface area contributed by atoms with Crippen molar-refractivity contribution in [2.45, 2.75) is 19.9 Å². The molecule has 6 nitrogen and oxygen atoms in total. The average molecular weight is 193 g/mol. The number of hydrogen-bond acceptors (Lipinski definition) is 4. The Morgan fingerprint density at radius 3 is 1.54 bits per heavy atom. The Kier molecular flexibility index (Phi) is 8.31. The van der Waals surface area contributed by atoms with Crippen LogP contribution in [0, 0.1) is 5.92 Å². The third-order valence-corrected chi connectivity index (χ3v) is 1.25. The molecule has 0 rings (SSSR count). The van der Waals surface area contributed by atoms with E-state index in [0.717, 1.165) is 0 Å². The first-order chi connectivity index (χ1) is 5.82. The number of hydrogen-bond donors (Lipinski definition) is 4. The smallest absolute Gasteiger partial charge is 0.414 e. The lowest BCUT2D eigenvalue weighted by molar-refractivity contribution is -0.159. The summed E-state index contributed by atoms with van der Waals surface area (Å²) in [4.78, 5) is 18.2. The van der Waals surface area contributed by atoms with Crippen LogP contribution in [0.25, 0.3) is 0 Å². The lowest BCUT2D eigenvalue weighted by Crippen LogP contribution is -2.29. The van der Waals surface area contributed by atoms with Gasteiger partial charge in [-0.25, -0.2) is 9.59 Å². The van der Waals surface area contributed by atoms with Crippen molar-refractivity contribution in [2.75, 3.05) is 6.61 Å². The van der Waals surface area contributed by atoms with Gasteiger partial charge in [0.25, 0.3) is 0 Å². The second-order valence-electron chi connectivity index (χ2n) is 2.70. The number of carbonyl (C=O) groups is 2. The van der Waals surface area contributed by atoms with Crippen molar-refractivity contribution >= 4 is 11.9 Å². The van der Waals surface area contributed by atoms with Crippen LogP contribution >= 0.6 is 0 Å². The van der Waals surface area contributed by atoms with Crippen LogP contribution in [0.2, 0.25) is 0 Å². The summed E-state index contributed by atoms with van der Waals surface area (Å²) in [6.07, 6.45) is 0. The first-order valence-electron chi connectivity index (χ1n) is 3.65. The van der Waals surface area contributed by atoms with Gasteiger partial charge >= 0.3 is 11.9 Å². The van der Waals surface area contributed by atoms with Crippen molar-refractivity contribution in [1.29, 1.82) is 0 Å². The summed E-state index contributed by atoms with van der Waals surface area (Å²) >= 11 is 0. The van der Waals surface area contributed by atoms with Crippen molar-refractivity contribution in [3.05, 3.63) is 0 Å². The summed E-state index contributed by atoms with van der Waals surface area (Å²) in [5.41, 5.74) is 5.37. The summed E-state index contributed by atoms with van der Waals surface area (Å²) < 4.78 is 0. The minimum absolute atomic E-state index is 0.0417. The van der Waals surface area contributed by atoms with Crippen LogP contribution in [0.4, 0.5) is 0 Å². The van der Waals surface area contributed by atoms with E-state index in [4.69, 9.17) is 30.6 Å². The van der Waals surface area contributed by atoms with E-state index in [1.54, 1.807) is 0 Å². The third-order valence-electron chi connectivity index (χ3n) is 1.25. The standard InChI is InChI=1S/C5H13NO.C2H2O4/c1-4(2)5(6)3-7;3-1(4)2(5)6/h4-5,7H,3,6H2,1-2H3;(H,3,4)(H,5,6). The molecular weight excluding hydrogens is 178 g/mol. The lowest BCUT2D eigenvalue weighted by atomic mass is 10.1. The van der Waals surface area contributed by atoms with Crippen LogP contribution in [0.3, 0.4) is 0 Å². The third kappa shape index (κ3) is 10.9. The van der Waals surface area contributed by atoms with Gasteiger partial charge in [0.05, 0.1) is 6.61 Å². The molecule has 0 aliphatic carbocycles. The number of carboxylic acids is 2. The molecule has 0 saturated heterocycles. The average Bonchev–Trinajstić information content (AvgIpc) is 2.03. The fourth-order valence-electron chi connectivity index (χ4n) is 0.211. The molecule has 0 bridgehead atoms. The van der Waals surface area contributed by atoms with Gasteiger partial charge in [-0.15, -0.1) is 0 Å². The molecule has 0 aromatic carbocycles. The minimum atomic E-state index is -1.82. The van der Waals surface area contributed by atoms with Gasteiger partial charge in [-0.1, -0.05) is 13.8 Å². The summed E-state index contributed by atoms with van der Waals surface area (Å²) in [5, 5.41) is 23.2. The molecule has 0 saturated carbocycles.